The van der Waals surface area contributed by atoms with Crippen molar-refractivity contribution >= 4 is 91.5 Å². The molecule has 0 atom stereocenters. The Morgan fingerprint density at radius 3 is 1.30 bits per heavy atom. The lowest BCUT2D eigenvalue weighted by Gasteiger charge is -2.38. The Kier molecular flexibility index (Phi) is 16.2. The third-order valence-electron chi connectivity index (χ3n) is 12.3. The minimum Gasteiger partial charge on any atom is -1.00 e. The number of carbonyl (C=O) groups excluding carboxylic acids is 4. The zero-order valence-electron chi connectivity index (χ0n) is 36.7. The number of anilines is 4. The molecule has 2 aliphatic carbocycles. The van der Waals surface area contributed by atoms with E-state index in [1.54, 1.807) is 60.7 Å². The first kappa shape index (κ1) is 48.5. The van der Waals surface area contributed by atoms with Gasteiger partial charge in [-0.25, -0.2) is 0 Å². The fourth-order valence-electron chi connectivity index (χ4n) is 8.52. The summed E-state index contributed by atoms with van der Waals surface area (Å²) in [5, 5.41) is 14.2. The van der Waals surface area contributed by atoms with Gasteiger partial charge in [-0.15, -0.1) is 0 Å². The summed E-state index contributed by atoms with van der Waals surface area (Å²) in [4.78, 5) is 54.4. The molecular weight excluding hydrogens is 966 g/mol. The molecule has 0 radical (unpaired) electrons. The van der Waals surface area contributed by atoms with Gasteiger partial charge in [0.05, 0.1) is 27.2 Å². The fraction of sp³-hybridized carbons (Fsp3) is 0.347. The normalized spacial score (nSPS) is 18.6. The number of nitrogens with zero attached hydrogens (tertiary/aromatic N) is 2. The Morgan fingerprint density at radius 2 is 0.922 bits per heavy atom. The highest BCUT2D eigenvalue weighted by atomic mass is 127. The Bertz CT molecular complexity index is 2570. The van der Waals surface area contributed by atoms with Gasteiger partial charge in [-0.05, 0) is 125 Å². The molecule has 4 amide bonds. The van der Waals surface area contributed by atoms with E-state index in [4.69, 9.17) is 32.0 Å². The molecule has 8 rings (SSSR count). The van der Waals surface area contributed by atoms with Crippen LogP contribution in [-0.2, 0) is 9.59 Å². The summed E-state index contributed by atoms with van der Waals surface area (Å²) in [7, 11) is 10.8. The van der Waals surface area contributed by atoms with Crippen molar-refractivity contribution in [3.63, 3.8) is 0 Å². The molecule has 0 aliphatic heterocycles. The molecule has 0 saturated heterocycles. The summed E-state index contributed by atoms with van der Waals surface area (Å²) in [6.07, 6.45) is 7.34. The molecule has 12 nitrogen and oxygen atoms in total. The molecule has 2 aromatic heterocycles. The number of amides is 4. The van der Waals surface area contributed by atoms with E-state index in [1.807, 2.05) is 36.4 Å². The van der Waals surface area contributed by atoms with Gasteiger partial charge >= 0.3 is 0 Å². The average molecular weight is 1020 g/mol. The maximum atomic E-state index is 13.1. The molecule has 0 bridgehead atoms. The summed E-state index contributed by atoms with van der Waals surface area (Å²) in [6.45, 7) is 0. The summed E-state index contributed by atoms with van der Waals surface area (Å²) in [5.41, 5.74) is 3.13. The zero-order chi connectivity index (χ0) is 44.8. The minimum atomic E-state index is -0.426. The quantitative estimate of drug-likeness (QED) is 0.0806. The summed E-state index contributed by atoms with van der Waals surface area (Å²) in [5.74, 6) is -0.935. The van der Waals surface area contributed by atoms with Crippen LogP contribution in [0, 0.1) is 11.8 Å². The van der Waals surface area contributed by atoms with E-state index >= 15 is 0 Å². The van der Waals surface area contributed by atoms with Gasteiger partial charge in [0.25, 0.3) is 11.8 Å². The topological polar surface area (TPSA) is 146 Å². The lowest BCUT2D eigenvalue weighted by atomic mass is 9.84. The van der Waals surface area contributed by atoms with Crippen LogP contribution in [0.15, 0.2) is 106 Å². The van der Waals surface area contributed by atoms with Gasteiger partial charge in [-0.1, -0.05) is 47.5 Å². The van der Waals surface area contributed by atoms with Crippen LogP contribution in [0.4, 0.5) is 22.7 Å². The highest BCUT2D eigenvalue weighted by Crippen LogP contribution is 2.36. The second-order valence-electron chi connectivity index (χ2n) is 17.6. The molecule has 6 aromatic rings. The van der Waals surface area contributed by atoms with Crippen LogP contribution >= 0.6 is 23.2 Å². The molecule has 2 fully saturated rings. The van der Waals surface area contributed by atoms with Crippen molar-refractivity contribution in [1.29, 1.82) is 0 Å². The Morgan fingerprint density at radius 1 is 0.547 bits per heavy atom. The molecule has 64 heavy (non-hydrogen) atoms. The van der Waals surface area contributed by atoms with Gasteiger partial charge in [0.15, 0.2) is 0 Å². The molecule has 15 heteroatoms. The Balaban J connectivity index is 0.000000209. The number of rotatable bonds is 10. The standard InChI is InChI=1S/C25H28ClN3O3.C24H26ClN3O3.HI/c1-29(2,3)19-14-8-16(9-15-19)24(30)28-22-20-6-4-5-7-21(20)32-23(22)25(31)27-18-12-10-17(26)11-13-18;1-28(2)18-13-7-15(8-14-18)23(29)27-21-19-5-3-4-6-20(19)31-22(21)24(30)26-17-11-9-16(25)10-12-17;/h4-7,10-13,16,19H,8-9,14-15H2,1-3H3,(H-,27,28,30,31);3-6,9-12,15,18H,7-8,13-14H2,1-2H3,(H,26,30)(H,27,29);1H. The van der Waals surface area contributed by atoms with Gasteiger partial charge in [0, 0.05) is 62.9 Å². The molecule has 338 valence electrons. The van der Waals surface area contributed by atoms with E-state index in [2.05, 4.69) is 61.4 Å². The zero-order valence-corrected chi connectivity index (χ0v) is 40.4. The number of para-hydroxylation sites is 2. The number of carbonyl (C=O) groups is 4. The van der Waals surface area contributed by atoms with Crippen molar-refractivity contribution in [2.45, 2.75) is 63.5 Å². The van der Waals surface area contributed by atoms with Crippen LogP contribution < -0.4 is 45.2 Å². The second kappa shape index (κ2) is 21.4. The van der Waals surface area contributed by atoms with Crippen LogP contribution in [0.5, 0.6) is 0 Å². The molecule has 2 saturated carbocycles. The van der Waals surface area contributed by atoms with Crippen molar-refractivity contribution in [2.75, 3.05) is 56.5 Å². The summed E-state index contributed by atoms with van der Waals surface area (Å²) < 4.78 is 12.6. The minimum absolute atomic E-state index is 0. The van der Waals surface area contributed by atoms with Gasteiger partial charge in [0.1, 0.15) is 22.5 Å². The maximum absolute atomic E-state index is 13.1. The van der Waals surface area contributed by atoms with E-state index in [1.165, 1.54) is 0 Å². The van der Waals surface area contributed by atoms with Crippen molar-refractivity contribution in [1.82, 2.24) is 4.90 Å². The first-order valence-corrected chi connectivity index (χ1v) is 22.2. The van der Waals surface area contributed by atoms with Gasteiger partial charge in [-0.3, -0.25) is 19.2 Å². The number of hydrogen-bond donors (Lipinski definition) is 4. The third kappa shape index (κ3) is 11.8. The predicted molar refractivity (Wildman–Crippen MR) is 252 cm³/mol. The van der Waals surface area contributed by atoms with Crippen molar-refractivity contribution in [2.24, 2.45) is 11.8 Å². The smallest absolute Gasteiger partial charge is 0.293 e. The molecule has 0 unspecified atom stereocenters. The van der Waals surface area contributed by atoms with Crippen molar-refractivity contribution in [3.8, 4) is 0 Å². The monoisotopic (exact) mass is 1020 g/mol. The molecule has 2 aliphatic rings. The first-order valence-electron chi connectivity index (χ1n) is 21.4. The van der Waals surface area contributed by atoms with Crippen LogP contribution in [0.3, 0.4) is 0 Å². The molecule has 4 aromatic carbocycles. The number of benzene rings is 4. The number of quaternary nitrogens is 1. The molecule has 2 heterocycles. The lowest BCUT2D eigenvalue weighted by molar-refractivity contribution is -0.897. The third-order valence-corrected chi connectivity index (χ3v) is 12.8. The molecule has 4 N–H and O–H groups in total. The highest BCUT2D eigenvalue weighted by Gasteiger charge is 2.34. The van der Waals surface area contributed by atoms with Crippen LogP contribution in [0.1, 0.15) is 72.5 Å². The van der Waals surface area contributed by atoms with Gasteiger partial charge in [-0.2, -0.15) is 0 Å². The summed E-state index contributed by atoms with van der Waals surface area (Å²) in [6, 6.07) is 29.4. The van der Waals surface area contributed by atoms with Crippen LogP contribution in [0.2, 0.25) is 10.0 Å². The number of furan rings is 2. The average Bonchev–Trinajstić information content (AvgIpc) is 3.83. The van der Waals surface area contributed by atoms with Crippen molar-refractivity contribution in [3.05, 3.63) is 119 Å². The van der Waals surface area contributed by atoms with Crippen LogP contribution in [-0.4, -0.2) is 80.3 Å². The van der Waals surface area contributed by atoms with E-state index < -0.39 is 11.8 Å². The van der Waals surface area contributed by atoms with Gasteiger partial charge < -0.3 is 63.5 Å². The van der Waals surface area contributed by atoms with E-state index in [9.17, 15) is 19.2 Å². The lowest BCUT2D eigenvalue weighted by Crippen LogP contribution is -3.00. The molecule has 0 spiro atoms. The van der Waals surface area contributed by atoms with Crippen molar-refractivity contribution < 1.29 is 56.5 Å². The predicted octanol–water partition coefficient (Wildman–Crippen LogP) is 7.94. The SMILES string of the molecule is CN(C)C1CCC(C(=O)Nc2c(C(=O)Nc3ccc(Cl)cc3)oc3ccccc23)CC1.C[N+](C)(C)C1CCC(C(=O)Nc2c(C(=O)Nc3ccc(Cl)cc3)oc3ccccc23)CC1.[I-]. The second-order valence-corrected chi connectivity index (χ2v) is 18.5. The number of fused-ring (bicyclic) bond motifs is 2. The number of halogens is 3. The molecular formula is C49H55Cl2IN6O6. The van der Waals surface area contributed by atoms with Gasteiger partial charge in [0.2, 0.25) is 23.3 Å². The number of nitrogens with one attached hydrogen (secondary N) is 4. The Hall–Kier alpha value is -4.93. The van der Waals surface area contributed by atoms with E-state index in [0.717, 1.165) is 55.8 Å². The maximum Gasteiger partial charge on any atom is 0.293 e. The summed E-state index contributed by atoms with van der Waals surface area (Å²) >= 11 is 11.8. The fourth-order valence-corrected chi connectivity index (χ4v) is 8.77. The largest absolute Gasteiger partial charge is 1.00 e. The van der Waals surface area contributed by atoms with Crippen LogP contribution in [0.25, 0.3) is 21.9 Å². The highest BCUT2D eigenvalue weighted by molar-refractivity contribution is 6.31. The van der Waals surface area contributed by atoms with E-state index in [0.29, 0.717) is 66.8 Å². The first-order chi connectivity index (χ1) is 30.1. The number of hydrogen-bond acceptors (Lipinski definition) is 7. The van der Waals surface area contributed by atoms with E-state index in [-0.39, 0.29) is 59.1 Å². The Labute approximate surface area is 401 Å².